The smallest absolute Gasteiger partial charge is 0.304 e. The number of hydrogen-bond donors (Lipinski definition) is 1. The average Bonchev–Trinajstić information content (AvgIpc) is 2.87. The number of benzene rings is 1. The fourth-order valence-electron chi connectivity index (χ4n) is 2.29. The number of nitrogens with zero attached hydrogens (tertiary/aromatic N) is 2. The minimum atomic E-state index is -3.87. The molecule has 0 aromatic heterocycles. The third-order valence-corrected chi connectivity index (χ3v) is 5.27. The van der Waals surface area contributed by atoms with Gasteiger partial charge in [-0.05, 0) is 18.9 Å². The number of sulfonamides is 1. The second-order valence-electron chi connectivity index (χ2n) is 4.52. The lowest BCUT2D eigenvalue weighted by molar-refractivity contribution is -0.387. The number of nitrogens with two attached hydrogens (primary N) is 1. The van der Waals surface area contributed by atoms with Crippen molar-refractivity contribution >= 4 is 15.7 Å². The normalized spacial score (nSPS) is 20.2. The molecule has 1 saturated heterocycles. The molecule has 0 spiro atoms. The van der Waals surface area contributed by atoms with Gasteiger partial charge in [0, 0.05) is 31.3 Å². The maximum Gasteiger partial charge on any atom is 0.304 e. The molecule has 1 aromatic carbocycles. The molecular formula is C11H14FN3O4S. The van der Waals surface area contributed by atoms with Crippen LogP contribution in [0.1, 0.15) is 12.8 Å². The molecule has 9 heteroatoms. The molecule has 2 rings (SSSR count). The summed E-state index contributed by atoms with van der Waals surface area (Å²) >= 11 is 0. The van der Waals surface area contributed by atoms with Crippen molar-refractivity contribution in [3.8, 4) is 0 Å². The summed E-state index contributed by atoms with van der Waals surface area (Å²) in [6, 6.07) is 2.27. The Morgan fingerprint density at radius 2 is 2.20 bits per heavy atom. The molecule has 1 heterocycles. The lowest BCUT2D eigenvalue weighted by atomic mass is 10.2. The van der Waals surface area contributed by atoms with E-state index >= 15 is 0 Å². The van der Waals surface area contributed by atoms with E-state index in [4.69, 9.17) is 5.73 Å². The SMILES string of the molecule is NCC1CCCN1S(=O)(=O)c1ccc([N+](=O)[O-])c(F)c1. The predicted octanol–water partition coefficient (Wildman–Crippen LogP) is 0.846. The van der Waals surface area contributed by atoms with Crippen molar-refractivity contribution in [3.63, 3.8) is 0 Å². The van der Waals surface area contributed by atoms with Crippen molar-refractivity contribution in [1.82, 2.24) is 4.31 Å². The number of halogens is 1. The van der Waals surface area contributed by atoms with E-state index in [0.29, 0.717) is 25.5 Å². The molecule has 110 valence electrons. The molecule has 7 nitrogen and oxygen atoms in total. The molecule has 0 radical (unpaired) electrons. The van der Waals surface area contributed by atoms with Crippen molar-refractivity contribution in [2.24, 2.45) is 5.73 Å². The van der Waals surface area contributed by atoms with Gasteiger partial charge in [0.25, 0.3) is 0 Å². The van der Waals surface area contributed by atoms with Crippen molar-refractivity contribution in [2.45, 2.75) is 23.8 Å². The summed E-state index contributed by atoms with van der Waals surface area (Å²) in [6.07, 6.45) is 1.35. The molecule has 1 unspecified atom stereocenters. The van der Waals surface area contributed by atoms with Crippen molar-refractivity contribution in [3.05, 3.63) is 34.1 Å². The quantitative estimate of drug-likeness (QED) is 0.655. The Bertz CT molecular complexity index is 635. The molecule has 1 aliphatic heterocycles. The first-order valence-corrected chi connectivity index (χ1v) is 7.48. The molecule has 0 bridgehead atoms. The van der Waals surface area contributed by atoms with Gasteiger partial charge in [-0.2, -0.15) is 8.70 Å². The summed E-state index contributed by atoms with van der Waals surface area (Å²) in [5.74, 6) is -1.17. The molecule has 20 heavy (non-hydrogen) atoms. The molecule has 1 aromatic rings. The first-order chi connectivity index (χ1) is 9.37. The van der Waals surface area contributed by atoms with Crippen LogP contribution in [-0.2, 0) is 10.0 Å². The number of nitro benzene ring substituents is 1. The van der Waals surface area contributed by atoms with Gasteiger partial charge in [0.2, 0.25) is 15.8 Å². The van der Waals surface area contributed by atoms with E-state index in [1.54, 1.807) is 0 Å². The largest absolute Gasteiger partial charge is 0.329 e. The highest BCUT2D eigenvalue weighted by Crippen LogP contribution is 2.28. The van der Waals surface area contributed by atoms with Crippen molar-refractivity contribution < 1.29 is 17.7 Å². The van der Waals surface area contributed by atoms with E-state index in [9.17, 15) is 22.9 Å². The maximum absolute atomic E-state index is 13.5. The lowest BCUT2D eigenvalue weighted by Crippen LogP contribution is -2.39. The molecular weight excluding hydrogens is 289 g/mol. The van der Waals surface area contributed by atoms with Gasteiger partial charge in [-0.3, -0.25) is 10.1 Å². The lowest BCUT2D eigenvalue weighted by Gasteiger charge is -2.22. The van der Waals surface area contributed by atoms with Crippen LogP contribution >= 0.6 is 0 Å². The number of hydrogen-bond acceptors (Lipinski definition) is 5. The Morgan fingerprint density at radius 1 is 1.50 bits per heavy atom. The van der Waals surface area contributed by atoms with Gasteiger partial charge in [0.1, 0.15) is 0 Å². The zero-order valence-corrected chi connectivity index (χ0v) is 11.3. The Balaban J connectivity index is 2.40. The van der Waals surface area contributed by atoms with Gasteiger partial charge < -0.3 is 5.73 Å². The van der Waals surface area contributed by atoms with Crippen LogP contribution < -0.4 is 5.73 Å². The number of nitro groups is 1. The van der Waals surface area contributed by atoms with E-state index in [0.717, 1.165) is 12.1 Å². The van der Waals surface area contributed by atoms with E-state index in [1.807, 2.05) is 0 Å². The molecule has 0 aliphatic carbocycles. The summed E-state index contributed by atoms with van der Waals surface area (Å²) in [7, 11) is -3.87. The summed E-state index contributed by atoms with van der Waals surface area (Å²) < 4.78 is 39.5. The highest BCUT2D eigenvalue weighted by Gasteiger charge is 2.35. The predicted molar refractivity (Wildman–Crippen MR) is 69.0 cm³/mol. The molecule has 1 fully saturated rings. The van der Waals surface area contributed by atoms with Crippen molar-refractivity contribution in [1.29, 1.82) is 0 Å². The Hall–Kier alpha value is -1.58. The van der Waals surface area contributed by atoms with Crippen LogP contribution in [0.15, 0.2) is 23.1 Å². The third kappa shape index (κ3) is 2.51. The minimum absolute atomic E-state index is 0.189. The highest BCUT2D eigenvalue weighted by molar-refractivity contribution is 7.89. The van der Waals surface area contributed by atoms with Gasteiger partial charge in [0.05, 0.1) is 9.82 Å². The van der Waals surface area contributed by atoms with Gasteiger partial charge in [0.15, 0.2) is 0 Å². The standard InChI is InChI=1S/C11H14FN3O4S/c12-10-6-9(3-4-11(10)15(16)17)20(18,19)14-5-1-2-8(14)7-13/h3-4,6,8H,1-2,5,7,13H2. The van der Waals surface area contributed by atoms with Crippen LogP contribution in [0.3, 0.4) is 0 Å². The van der Waals surface area contributed by atoms with Gasteiger partial charge >= 0.3 is 5.69 Å². The molecule has 2 N–H and O–H groups in total. The number of rotatable bonds is 4. The van der Waals surface area contributed by atoms with Gasteiger partial charge in [-0.1, -0.05) is 0 Å². The summed E-state index contributed by atoms with van der Waals surface area (Å²) in [6.45, 7) is 0.511. The van der Waals surface area contributed by atoms with Crippen LogP contribution in [0, 0.1) is 15.9 Å². The Labute approximate surface area is 115 Å². The molecule has 0 amide bonds. The fraction of sp³-hybridized carbons (Fsp3) is 0.455. The molecule has 1 aliphatic rings. The summed E-state index contributed by atoms with van der Waals surface area (Å²) in [5.41, 5.74) is 4.77. The summed E-state index contributed by atoms with van der Waals surface area (Å²) in [4.78, 5) is 9.34. The van der Waals surface area contributed by atoms with Crippen LogP contribution in [0.2, 0.25) is 0 Å². The Kier molecular flexibility index (Phi) is 4.02. The molecule has 1 atom stereocenters. The minimum Gasteiger partial charge on any atom is -0.329 e. The van der Waals surface area contributed by atoms with Crippen LogP contribution in [0.5, 0.6) is 0 Å². The summed E-state index contributed by atoms with van der Waals surface area (Å²) in [5, 5.41) is 10.5. The zero-order valence-electron chi connectivity index (χ0n) is 10.5. The maximum atomic E-state index is 13.5. The fourth-order valence-corrected chi connectivity index (χ4v) is 4.01. The first-order valence-electron chi connectivity index (χ1n) is 6.03. The highest BCUT2D eigenvalue weighted by atomic mass is 32.2. The monoisotopic (exact) mass is 303 g/mol. The van der Waals surface area contributed by atoms with E-state index in [-0.39, 0.29) is 17.5 Å². The second-order valence-corrected chi connectivity index (χ2v) is 6.41. The van der Waals surface area contributed by atoms with Gasteiger partial charge in [-0.25, -0.2) is 8.42 Å². The average molecular weight is 303 g/mol. The topological polar surface area (TPSA) is 107 Å². The van der Waals surface area contributed by atoms with Crippen LogP contribution in [0.25, 0.3) is 0 Å². The van der Waals surface area contributed by atoms with Crippen LogP contribution in [-0.4, -0.2) is 36.8 Å². The zero-order chi connectivity index (χ0) is 14.9. The van der Waals surface area contributed by atoms with E-state index in [1.165, 1.54) is 4.31 Å². The van der Waals surface area contributed by atoms with Crippen molar-refractivity contribution in [2.75, 3.05) is 13.1 Å². The van der Waals surface area contributed by atoms with E-state index < -0.39 is 26.5 Å². The third-order valence-electron chi connectivity index (χ3n) is 3.32. The first kappa shape index (κ1) is 14.8. The Morgan fingerprint density at radius 3 is 2.75 bits per heavy atom. The molecule has 0 saturated carbocycles. The van der Waals surface area contributed by atoms with Gasteiger partial charge in [-0.15, -0.1) is 0 Å². The van der Waals surface area contributed by atoms with E-state index in [2.05, 4.69) is 0 Å². The second kappa shape index (κ2) is 5.43. The van der Waals surface area contributed by atoms with Crippen LogP contribution in [0.4, 0.5) is 10.1 Å².